The largest absolute Gasteiger partial charge is 0.252 e. The van der Waals surface area contributed by atoms with Crippen LogP contribution in [0.25, 0.3) is 56.0 Å². The van der Waals surface area contributed by atoms with Crippen LogP contribution in [0, 0.1) is 18.6 Å². The molecule has 0 N–H and O–H groups in total. The van der Waals surface area contributed by atoms with Gasteiger partial charge in [0.15, 0.2) is 0 Å². The molecule has 0 saturated carbocycles. The number of rotatable bonds is 3. The van der Waals surface area contributed by atoms with Gasteiger partial charge in [0.25, 0.3) is 0 Å². The molecule has 0 radical (unpaired) electrons. The van der Waals surface area contributed by atoms with Crippen molar-refractivity contribution in [3.05, 3.63) is 179 Å². The lowest BCUT2D eigenvalue weighted by atomic mass is 9.70. The van der Waals surface area contributed by atoms with Crippen LogP contribution in [0.15, 0.2) is 140 Å². The second-order valence-corrected chi connectivity index (χ2v) is 12.1. The molecule has 2 nitrogen and oxygen atoms in total. The van der Waals surface area contributed by atoms with Gasteiger partial charge in [0, 0.05) is 16.7 Å². The van der Waals surface area contributed by atoms with Gasteiger partial charge in [-0.05, 0) is 106 Å². The molecule has 1 spiro atoms. The zero-order valence-electron chi connectivity index (χ0n) is 24.9. The van der Waals surface area contributed by atoms with Crippen molar-refractivity contribution in [3.8, 4) is 56.0 Å². The number of fused-ring (bicyclic) bond motifs is 10. The Kier molecular flexibility index (Phi) is 5.72. The highest BCUT2D eigenvalue weighted by molar-refractivity contribution is 5.96. The third kappa shape index (κ3) is 3.67. The molecule has 9 rings (SSSR count). The van der Waals surface area contributed by atoms with Crippen LogP contribution in [0.5, 0.6) is 0 Å². The third-order valence-electron chi connectivity index (χ3n) is 9.63. The highest BCUT2D eigenvalue weighted by Gasteiger charge is 2.51. The van der Waals surface area contributed by atoms with Crippen molar-refractivity contribution in [2.75, 3.05) is 0 Å². The monoisotopic (exact) mass is 596 g/mol. The molecule has 2 aliphatic rings. The van der Waals surface area contributed by atoms with Crippen molar-refractivity contribution in [1.82, 2.24) is 9.97 Å². The fourth-order valence-electron chi connectivity index (χ4n) is 7.68. The summed E-state index contributed by atoms with van der Waals surface area (Å²) < 4.78 is 28.1. The summed E-state index contributed by atoms with van der Waals surface area (Å²) >= 11 is 0. The van der Waals surface area contributed by atoms with E-state index in [0.29, 0.717) is 17.1 Å². The standard InChI is InChI=1S/C42H26F2N2/c1-25-22-29(44)19-21-30(25)41-40(46-39(24-45-41)26-14-17-28(43)18-15-26)27-16-20-34-33-10-4-7-13-37(33)42(38(34)23-27)35-11-5-2-8-31(35)32-9-3-6-12-36(32)42/h2-24H,1H3. The van der Waals surface area contributed by atoms with Crippen LogP contribution in [0.1, 0.15) is 27.8 Å². The van der Waals surface area contributed by atoms with Gasteiger partial charge in [0.1, 0.15) is 11.6 Å². The summed E-state index contributed by atoms with van der Waals surface area (Å²) in [5.41, 5.74) is 14.6. The molecule has 4 heteroatoms. The normalized spacial score (nSPS) is 13.3. The molecular formula is C42H26F2N2. The highest BCUT2D eigenvalue weighted by atomic mass is 19.1. The number of aryl methyl sites for hydroxylation is 1. The molecule has 0 amide bonds. The molecule has 0 saturated heterocycles. The second kappa shape index (κ2) is 9.88. The Labute approximate surface area is 265 Å². The smallest absolute Gasteiger partial charge is 0.123 e. The van der Waals surface area contributed by atoms with Crippen LogP contribution >= 0.6 is 0 Å². The number of hydrogen-bond acceptors (Lipinski definition) is 2. The maximum Gasteiger partial charge on any atom is 0.123 e. The second-order valence-electron chi connectivity index (χ2n) is 12.1. The fraction of sp³-hybridized carbons (Fsp3) is 0.0476. The molecular weight excluding hydrogens is 570 g/mol. The van der Waals surface area contributed by atoms with Crippen molar-refractivity contribution in [3.63, 3.8) is 0 Å². The first-order valence-corrected chi connectivity index (χ1v) is 15.4. The van der Waals surface area contributed by atoms with E-state index < -0.39 is 5.41 Å². The van der Waals surface area contributed by atoms with E-state index in [2.05, 4.69) is 91.0 Å². The number of benzene rings is 6. The van der Waals surface area contributed by atoms with E-state index in [9.17, 15) is 8.78 Å². The average molecular weight is 597 g/mol. The average Bonchev–Trinajstić information content (AvgIpc) is 3.56. The maximum atomic E-state index is 14.2. The fourth-order valence-corrected chi connectivity index (χ4v) is 7.68. The van der Waals surface area contributed by atoms with Crippen LogP contribution in [0.4, 0.5) is 8.78 Å². The van der Waals surface area contributed by atoms with Crippen molar-refractivity contribution < 1.29 is 8.78 Å². The van der Waals surface area contributed by atoms with Gasteiger partial charge in [-0.2, -0.15) is 0 Å². The molecule has 46 heavy (non-hydrogen) atoms. The van der Waals surface area contributed by atoms with Crippen LogP contribution in [0.2, 0.25) is 0 Å². The van der Waals surface area contributed by atoms with E-state index in [-0.39, 0.29) is 11.6 Å². The Morgan fingerprint density at radius 2 is 1.00 bits per heavy atom. The molecule has 1 aromatic heterocycles. The molecule has 218 valence electrons. The van der Waals surface area contributed by atoms with Gasteiger partial charge in [-0.25, -0.2) is 13.8 Å². The van der Waals surface area contributed by atoms with Gasteiger partial charge in [-0.1, -0.05) is 84.9 Å². The van der Waals surface area contributed by atoms with Crippen LogP contribution in [-0.2, 0) is 5.41 Å². The van der Waals surface area contributed by atoms with Crippen molar-refractivity contribution in [2.24, 2.45) is 0 Å². The first-order valence-electron chi connectivity index (χ1n) is 15.4. The summed E-state index contributed by atoms with van der Waals surface area (Å²) in [4.78, 5) is 10.1. The first-order chi connectivity index (χ1) is 22.5. The quantitative estimate of drug-likeness (QED) is 0.203. The third-order valence-corrected chi connectivity index (χ3v) is 9.63. The summed E-state index contributed by atoms with van der Waals surface area (Å²) in [5.74, 6) is -0.606. The Morgan fingerprint density at radius 3 is 1.61 bits per heavy atom. The van der Waals surface area contributed by atoms with Gasteiger partial charge in [-0.3, -0.25) is 4.98 Å². The van der Waals surface area contributed by atoms with Crippen LogP contribution in [-0.4, -0.2) is 9.97 Å². The molecule has 0 atom stereocenters. The van der Waals surface area contributed by atoms with Crippen molar-refractivity contribution in [2.45, 2.75) is 12.3 Å². The SMILES string of the molecule is Cc1cc(F)ccc1-c1ncc(-c2ccc(F)cc2)nc1-c1ccc2c(c1)C1(c3ccccc3-c3ccccc31)c1ccccc1-2. The highest BCUT2D eigenvalue weighted by Crippen LogP contribution is 2.63. The molecule has 0 bridgehead atoms. The Bertz CT molecular complexity index is 2290. The van der Waals surface area contributed by atoms with Crippen LogP contribution in [0.3, 0.4) is 0 Å². The van der Waals surface area contributed by atoms with E-state index in [4.69, 9.17) is 9.97 Å². The van der Waals surface area contributed by atoms with Gasteiger partial charge >= 0.3 is 0 Å². The summed E-state index contributed by atoms with van der Waals surface area (Å²) in [6, 6.07) is 43.8. The summed E-state index contributed by atoms with van der Waals surface area (Å²) in [6.45, 7) is 1.89. The number of hydrogen-bond donors (Lipinski definition) is 0. The molecule has 0 unspecified atom stereocenters. The number of nitrogens with zero attached hydrogens (tertiary/aromatic N) is 2. The minimum Gasteiger partial charge on any atom is -0.252 e. The minimum absolute atomic E-state index is 0.297. The van der Waals surface area contributed by atoms with Gasteiger partial charge in [0.05, 0.1) is 28.7 Å². The lowest BCUT2D eigenvalue weighted by Crippen LogP contribution is -2.25. The molecule has 7 aromatic rings. The van der Waals surface area contributed by atoms with E-state index in [1.165, 1.54) is 68.8 Å². The Balaban J connectivity index is 1.34. The summed E-state index contributed by atoms with van der Waals surface area (Å²) in [6.07, 6.45) is 1.71. The van der Waals surface area contributed by atoms with Crippen molar-refractivity contribution in [1.29, 1.82) is 0 Å². The lowest BCUT2D eigenvalue weighted by molar-refractivity contribution is 0.626. The minimum atomic E-state index is -0.497. The van der Waals surface area contributed by atoms with E-state index in [1.54, 1.807) is 24.4 Å². The first kappa shape index (κ1) is 26.6. The topological polar surface area (TPSA) is 25.8 Å². The van der Waals surface area contributed by atoms with Crippen LogP contribution < -0.4 is 0 Å². The van der Waals surface area contributed by atoms with Gasteiger partial charge in [-0.15, -0.1) is 0 Å². The molecule has 1 heterocycles. The molecule has 0 aliphatic heterocycles. The van der Waals surface area contributed by atoms with Crippen molar-refractivity contribution >= 4 is 0 Å². The number of aromatic nitrogens is 2. The number of halogens is 2. The molecule has 6 aromatic carbocycles. The van der Waals surface area contributed by atoms with E-state index >= 15 is 0 Å². The molecule has 0 fully saturated rings. The van der Waals surface area contributed by atoms with E-state index in [0.717, 1.165) is 22.3 Å². The summed E-state index contributed by atoms with van der Waals surface area (Å²) in [5, 5.41) is 0. The Morgan fingerprint density at radius 1 is 0.478 bits per heavy atom. The van der Waals surface area contributed by atoms with Gasteiger partial charge in [0.2, 0.25) is 0 Å². The van der Waals surface area contributed by atoms with E-state index in [1.807, 2.05) is 6.92 Å². The zero-order valence-corrected chi connectivity index (χ0v) is 24.9. The maximum absolute atomic E-state index is 14.2. The predicted octanol–water partition coefficient (Wildman–Crippen LogP) is 10.4. The predicted molar refractivity (Wildman–Crippen MR) is 179 cm³/mol. The molecule has 2 aliphatic carbocycles. The van der Waals surface area contributed by atoms with Gasteiger partial charge < -0.3 is 0 Å². The Hall–Kier alpha value is -5.74. The zero-order chi connectivity index (χ0) is 31.0. The lowest BCUT2D eigenvalue weighted by Gasteiger charge is -2.30. The summed E-state index contributed by atoms with van der Waals surface area (Å²) in [7, 11) is 0.